The molecule has 5 heteroatoms. The van der Waals surface area contributed by atoms with Crippen molar-refractivity contribution in [2.45, 2.75) is 26.2 Å². The van der Waals surface area contributed by atoms with Gasteiger partial charge in [-0.25, -0.2) is 5.43 Å². The second-order valence-electron chi connectivity index (χ2n) is 5.25. The molecule has 1 heterocycles. The van der Waals surface area contributed by atoms with Crippen molar-refractivity contribution in [2.24, 2.45) is 5.10 Å². The third kappa shape index (κ3) is 5.54. The summed E-state index contributed by atoms with van der Waals surface area (Å²) in [5, 5.41) is 3.86. The second-order valence-corrected chi connectivity index (χ2v) is 5.25. The summed E-state index contributed by atoms with van der Waals surface area (Å²) in [5.74, 6) is 0.883. The van der Waals surface area contributed by atoms with Crippen LogP contribution in [0, 0.1) is 0 Å². The van der Waals surface area contributed by atoms with Gasteiger partial charge < -0.3 is 4.74 Å². The molecule has 0 aliphatic carbocycles. The molecule has 0 spiro atoms. The number of aromatic nitrogens is 1. The van der Waals surface area contributed by atoms with E-state index in [0.29, 0.717) is 11.7 Å². The van der Waals surface area contributed by atoms with Crippen LogP contribution in [0.4, 0.5) is 0 Å². The molecule has 1 aromatic heterocycles. The SMILES string of the molecule is CCC(C)c1ccc(OCC(=O)N/N=C/c2cccnc2)cc1. The summed E-state index contributed by atoms with van der Waals surface area (Å²) in [7, 11) is 0. The maximum atomic E-state index is 11.7. The number of amides is 1. The normalized spacial score (nSPS) is 12.1. The number of rotatable bonds is 7. The fraction of sp³-hybridized carbons (Fsp3) is 0.278. The first-order chi connectivity index (χ1) is 11.2. The van der Waals surface area contributed by atoms with E-state index in [-0.39, 0.29) is 12.5 Å². The maximum Gasteiger partial charge on any atom is 0.277 e. The van der Waals surface area contributed by atoms with Crippen LogP contribution in [0.2, 0.25) is 0 Å². The summed E-state index contributed by atoms with van der Waals surface area (Å²) >= 11 is 0. The molecule has 0 aliphatic rings. The van der Waals surface area contributed by atoms with Gasteiger partial charge in [-0.3, -0.25) is 9.78 Å². The minimum absolute atomic E-state index is 0.0763. The van der Waals surface area contributed by atoms with Crippen molar-refractivity contribution in [2.75, 3.05) is 6.61 Å². The van der Waals surface area contributed by atoms with Gasteiger partial charge in [-0.15, -0.1) is 0 Å². The van der Waals surface area contributed by atoms with E-state index in [1.807, 2.05) is 30.3 Å². The molecule has 5 nitrogen and oxygen atoms in total. The van der Waals surface area contributed by atoms with E-state index in [1.165, 1.54) is 11.8 Å². The van der Waals surface area contributed by atoms with Gasteiger partial charge in [-0.05, 0) is 36.1 Å². The first-order valence-corrected chi connectivity index (χ1v) is 7.63. The Morgan fingerprint density at radius 3 is 2.78 bits per heavy atom. The Morgan fingerprint density at radius 2 is 2.13 bits per heavy atom. The molecule has 1 N–H and O–H groups in total. The molecule has 1 aromatic carbocycles. The van der Waals surface area contributed by atoms with E-state index >= 15 is 0 Å². The van der Waals surface area contributed by atoms with Crippen LogP contribution in [0.5, 0.6) is 5.75 Å². The van der Waals surface area contributed by atoms with Gasteiger partial charge in [0.2, 0.25) is 0 Å². The number of carbonyl (C=O) groups excluding carboxylic acids is 1. The van der Waals surface area contributed by atoms with Gasteiger partial charge >= 0.3 is 0 Å². The summed E-state index contributed by atoms with van der Waals surface area (Å²) in [6.07, 6.45) is 5.96. The minimum atomic E-state index is -0.309. The summed E-state index contributed by atoms with van der Waals surface area (Å²) in [5.41, 5.74) is 4.50. The number of nitrogens with zero attached hydrogens (tertiary/aromatic N) is 2. The molecule has 0 saturated heterocycles. The third-order valence-corrected chi connectivity index (χ3v) is 3.52. The molecule has 1 unspecified atom stereocenters. The fourth-order valence-corrected chi connectivity index (χ4v) is 1.94. The minimum Gasteiger partial charge on any atom is -0.484 e. The standard InChI is InChI=1S/C18H21N3O2/c1-3-14(2)16-6-8-17(9-7-16)23-13-18(22)21-20-12-15-5-4-10-19-11-15/h4-12,14H,3,13H2,1-2H3,(H,21,22)/b20-12+. The van der Waals surface area contributed by atoms with Gasteiger partial charge in [-0.2, -0.15) is 5.10 Å². The number of hydrogen-bond donors (Lipinski definition) is 1. The highest BCUT2D eigenvalue weighted by Gasteiger charge is 2.04. The third-order valence-electron chi connectivity index (χ3n) is 3.52. The largest absolute Gasteiger partial charge is 0.484 e. The summed E-state index contributed by atoms with van der Waals surface area (Å²) < 4.78 is 5.44. The number of nitrogens with one attached hydrogen (secondary N) is 1. The van der Waals surface area contributed by atoms with Crippen LogP contribution in [0.3, 0.4) is 0 Å². The van der Waals surface area contributed by atoms with Gasteiger partial charge in [-0.1, -0.05) is 32.0 Å². The first kappa shape index (κ1) is 16.7. The summed E-state index contributed by atoms with van der Waals surface area (Å²) in [4.78, 5) is 15.6. The quantitative estimate of drug-likeness (QED) is 0.631. The van der Waals surface area contributed by atoms with Gasteiger partial charge in [0.15, 0.2) is 6.61 Å². The lowest BCUT2D eigenvalue weighted by Crippen LogP contribution is -2.24. The van der Waals surface area contributed by atoms with Crippen molar-refractivity contribution >= 4 is 12.1 Å². The maximum absolute atomic E-state index is 11.7. The van der Waals surface area contributed by atoms with Gasteiger partial charge in [0.25, 0.3) is 5.91 Å². The highest BCUT2D eigenvalue weighted by molar-refractivity contribution is 5.82. The molecule has 2 aromatic rings. The number of pyridine rings is 1. The lowest BCUT2D eigenvalue weighted by molar-refractivity contribution is -0.123. The average molecular weight is 311 g/mol. The molecule has 0 bridgehead atoms. The van der Waals surface area contributed by atoms with E-state index in [0.717, 1.165) is 12.0 Å². The Balaban J connectivity index is 1.77. The van der Waals surface area contributed by atoms with Crippen molar-refractivity contribution in [1.29, 1.82) is 0 Å². The van der Waals surface area contributed by atoms with Crippen molar-refractivity contribution in [3.8, 4) is 5.75 Å². The molecule has 2 rings (SSSR count). The Morgan fingerprint density at radius 1 is 1.35 bits per heavy atom. The summed E-state index contributed by atoms with van der Waals surface area (Å²) in [6.45, 7) is 4.27. The van der Waals surface area contributed by atoms with Gasteiger partial charge in [0.05, 0.1) is 6.21 Å². The highest BCUT2D eigenvalue weighted by atomic mass is 16.5. The molecule has 120 valence electrons. The molecular formula is C18H21N3O2. The van der Waals surface area contributed by atoms with Crippen molar-refractivity contribution in [1.82, 2.24) is 10.4 Å². The van der Waals surface area contributed by atoms with Gasteiger partial charge in [0.1, 0.15) is 5.75 Å². The fourth-order valence-electron chi connectivity index (χ4n) is 1.94. The lowest BCUT2D eigenvalue weighted by atomic mass is 9.99. The molecule has 0 aliphatic heterocycles. The van der Waals surface area contributed by atoms with E-state index in [1.54, 1.807) is 18.5 Å². The van der Waals surface area contributed by atoms with Crippen molar-refractivity contribution in [3.05, 3.63) is 59.9 Å². The predicted molar refractivity (Wildman–Crippen MR) is 90.6 cm³/mol. The molecule has 0 radical (unpaired) electrons. The Labute approximate surface area is 136 Å². The molecule has 23 heavy (non-hydrogen) atoms. The highest BCUT2D eigenvalue weighted by Crippen LogP contribution is 2.21. The average Bonchev–Trinajstić information content (AvgIpc) is 2.60. The first-order valence-electron chi connectivity index (χ1n) is 7.63. The van der Waals surface area contributed by atoms with Crippen molar-refractivity contribution in [3.63, 3.8) is 0 Å². The van der Waals surface area contributed by atoms with E-state index in [9.17, 15) is 4.79 Å². The zero-order valence-electron chi connectivity index (χ0n) is 13.4. The van der Waals surface area contributed by atoms with Crippen LogP contribution < -0.4 is 10.2 Å². The number of benzene rings is 1. The van der Waals surface area contributed by atoms with Crippen LogP contribution in [0.15, 0.2) is 53.9 Å². The smallest absolute Gasteiger partial charge is 0.277 e. The number of hydrogen-bond acceptors (Lipinski definition) is 4. The van der Waals surface area contributed by atoms with E-state index in [4.69, 9.17) is 4.74 Å². The Kier molecular flexibility index (Phi) is 6.29. The van der Waals surface area contributed by atoms with Crippen LogP contribution in [-0.4, -0.2) is 23.7 Å². The van der Waals surface area contributed by atoms with Crippen LogP contribution in [0.25, 0.3) is 0 Å². The predicted octanol–water partition coefficient (Wildman–Crippen LogP) is 3.12. The molecular weight excluding hydrogens is 290 g/mol. The Hall–Kier alpha value is -2.69. The Bertz CT molecular complexity index is 639. The lowest BCUT2D eigenvalue weighted by Gasteiger charge is -2.10. The van der Waals surface area contributed by atoms with Crippen LogP contribution >= 0.6 is 0 Å². The molecule has 0 fully saturated rings. The zero-order chi connectivity index (χ0) is 16.5. The topological polar surface area (TPSA) is 63.6 Å². The molecule has 1 amide bonds. The monoisotopic (exact) mass is 311 g/mol. The van der Waals surface area contributed by atoms with E-state index in [2.05, 4.69) is 29.4 Å². The molecule has 0 saturated carbocycles. The number of ether oxygens (including phenoxy) is 1. The van der Waals surface area contributed by atoms with E-state index < -0.39 is 0 Å². The van der Waals surface area contributed by atoms with Crippen molar-refractivity contribution < 1.29 is 9.53 Å². The zero-order valence-corrected chi connectivity index (χ0v) is 13.4. The second kappa shape index (κ2) is 8.68. The van der Waals surface area contributed by atoms with Gasteiger partial charge in [0, 0.05) is 18.0 Å². The number of carbonyl (C=O) groups is 1. The van der Waals surface area contributed by atoms with Crippen LogP contribution in [-0.2, 0) is 4.79 Å². The number of hydrazone groups is 1. The van der Waals surface area contributed by atoms with Crippen LogP contribution in [0.1, 0.15) is 37.3 Å². The molecule has 1 atom stereocenters. The summed E-state index contributed by atoms with van der Waals surface area (Å²) in [6, 6.07) is 11.5.